The van der Waals surface area contributed by atoms with E-state index in [0.717, 1.165) is 24.2 Å². The third kappa shape index (κ3) is 2.92. The molecular formula is C12H19N5. The lowest BCUT2D eigenvalue weighted by Gasteiger charge is -2.21. The van der Waals surface area contributed by atoms with E-state index in [1.807, 2.05) is 6.20 Å². The topological polar surface area (TPSA) is 67.1 Å². The molecule has 2 aliphatic carbocycles. The van der Waals surface area contributed by atoms with Crippen LogP contribution in [0.4, 0.5) is 5.82 Å². The summed E-state index contributed by atoms with van der Waals surface area (Å²) in [5.74, 6) is 6.83. The summed E-state index contributed by atoms with van der Waals surface area (Å²) in [6, 6.07) is 0.796. The molecule has 0 amide bonds. The maximum Gasteiger partial charge on any atom is 0.158 e. The molecule has 2 fully saturated rings. The maximum absolute atomic E-state index is 5.27. The van der Waals surface area contributed by atoms with Gasteiger partial charge in [-0.25, -0.2) is 10.8 Å². The second-order valence-corrected chi connectivity index (χ2v) is 5.14. The molecule has 0 bridgehead atoms. The van der Waals surface area contributed by atoms with Crippen molar-refractivity contribution in [2.45, 2.75) is 38.3 Å². The molecule has 3 rings (SSSR count). The lowest BCUT2D eigenvalue weighted by Crippen LogP contribution is -2.28. The van der Waals surface area contributed by atoms with Gasteiger partial charge in [-0.3, -0.25) is 9.88 Å². The lowest BCUT2D eigenvalue weighted by atomic mass is 10.3. The maximum atomic E-state index is 5.27. The molecule has 1 heterocycles. The molecule has 1 aromatic heterocycles. The van der Waals surface area contributed by atoms with Crippen molar-refractivity contribution in [3.05, 3.63) is 18.1 Å². The minimum Gasteiger partial charge on any atom is -0.307 e. The van der Waals surface area contributed by atoms with E-state index in [2.05, 4.69) is 20.3 Å². The van der Waals surface area contributed by atoms with Gasteiger partial charge in [0, 0.05) is 19.1 Å². The Balaban J connectivity index is 1.61. The summed E-state index contributed by atoms with van der Waals surface area (Å²) in [5, 5.41) is 0. The summed E-state index contributed by atoms with van der Waals surface area (Å²) in [5.41, 5.74) is 3.54. The Morgan fingerprint density at radius 3 is 2.59 bits per heavy atom. The quantitative estimate of drug-likeness (QED) is 0.569. The van der Waals surface area contributed by atoms with Gasteiger partial charge in [-0.1, -0.05) is 0 Å². The van der Waals surface area contributed by atoms with Gasteiger partial charge in [-0.2, -0.15) is 0 Å². The Morgan fingerprint density at radius 1 is 1.24 bits per heavy atom. The molecule has 0 aromatic carbocycles. The molecule has 5 heteroatoms. The van der Waals surface area contributed by atoms with Gasteiger partial charge in [0.2, 0.25) is 0 Å². The first kappa shape index (κ1) is 10.9. The fraction of sp³-hybridized carbons (Fsp3) is 0.667. The minimum atomic E-state index is 0.619. The van der Waals surface area contributed by atoms with Gasteiger partial charge in [0.1, 0.15) is 0 Å². The molecule has 0 spiro atoms. The molecule has 2 saturated carbocycles. The lowest BCUT2D eigenvalue weighted by molar-refractivity contribution is 0.241. The Labute approximate surface area is 101 Å². The van der Waals surface area contributed by atoms with E-state index >= 15 is 0 Å². The van der Waals surface area contributed by atoms with Crippen molar-refractivity contribution in [2.24, 2.45) is 11.8 Å². The van der Waals surface area contributed by atoms with Crippen LogP contribution in [-0.2, 0) is 6.54 Å². The molecule has 5 nitrogen and oxygen atoms in total. The van der Waals surface area contributed by atoms with Crippen LogP contribution in [0.2, 0.25) is 0 Å². The predicted molar refractivity (Wildman–Crippen MR) is 66.0 cm³/mol. The Kier molecular flexibility index (Phi) is 2.94. The second kappa shape index (κ2) is 4.58. The molecule has 0 radical (unpaired) electrons. The van der Waals surface area contributed by atoms with E-state index in [1.54, 1.807) is 6.20 Å². The molecule has 0 unspecified atom stereocenters. The highest BCUT2D eigenvalue weighted by molar-refractivity contribution is 5.28. The van der Waals surface area contributed by atoms with E-state index in [0.29, 0.717) is 5.82 Å². The largest absolute Gasteiger partial charge is 0.307 e. The molecule has 0 saturated heterocycles. The van der Waals surface area contributed by atoms with Crippen LogP contribution < -0.4 is 11.3 Å². The third-order valence-electron chi connectivity index (χ3n) is 3.47. The average Bonchev–Trinajstić information content (AvgIpc) is 3.22. The summed E-state index contributed by atoms with van der Waals surface area (Å²) >= 11 is 0. The Hall–Kier alpha value is -1.20. The number of hydrazine groups is 1. The molecule has 2 aliphatic rings. The number of hydrogen-bond acceptors (Lipinski definition) is 5. The summed E-state index contributed by atoms with van der Waals surface area (Å²) in [7, 11) is 0. The van der Waals surface area contributed by atoms with E-state index in [1.165, 1.54) is 32.2 Å². The molecule has 17 heavy (non-hydrogen) atoms. The van der Waals surface area contributed by atoms with Crippen LogP contribution in [0.15, 0.2) is 12.4 Å². The highest BCUT2D eigenvalue weighted by Gasteiger charge is 2.33. The zero-order valence-corrected chi connectivity index (χ0v) is 9.97. The zero-order valence-electron chi connectivity index (χ0n) is 9.97. The summed E-state index contributed by atoms with van der Waals surface area (Å²) in [4.78, 5) is 11.1. The number of nitrogens with two attached hydrogens (primary N) is 1. The first-order valence-corrected chi connectivity index (χ1v) is 6.37. The van der Waals surface area contributed by atoms with Crippen molar-refractivity contribution < 1.29 is 0 Å². The van der Waals surface area contributed by atoms with Crippen LogP contribution in [-0.4, -0.2) is 27.5 Å². The van der Waals surface area contributed by atoms with Crippen molar-refractivity contribution in [3.8, 4) is 0 Å². The van der Waals surface area contributed by atoms with Crippen LogP contribution in [0.3, 0.4) is 0 Å². The summed E-state index contributed by atoms with van der Waals surface area (Å²) in [6.07, 6.45) is 9.02. The van der Waals surface area contributed by atoms with Crippen molar-refractivity contribution >= 4 is 5.82 Å². The first-order valence-electron chi connectivity index (χ1n) is 6.37. The van der Waals surface area contributed by atoms with Crippen molar-refractivity contribution in [1.82, 2.24) is 14.9 Å². The van der Waals surface area contributed by atoms with Crippen molar-refractivity contribution in [3.63, 3.8) is 0 Å². The van der Waals surface area contributed by atoms with Crippen molar-refractivity contribution in [1.29, 1.82) is 0 Å². The number of rotatable bonds is 6. The highest BCUT2D eigenvalue weighted by atomic mass is 15.3. The SMILES string of the molecule is NNc1cnc(CN(CC2CC2)C2CC2)cn1. The second-order valence-electron chi connectivity index (χ2n) is 5.14. The van der Waals surface area contributed by atoms with Gasteiger partial charge >= 0.3 is 0 Å². The fourth-order valence-electron chi connectivity index (χ4n) is 2.13. The van der Waals surface area contributed by atoms with Crippen LogP contribution in [0, 0.1) is 5.92 Å². The van der Waals surface area contributed by atoms with Gasteiger partial charge in [0.15, 0.2) is 5.82 Å². The van der Waals surface area contributed by atoms with E-state index < -0.39 is 0 Å². The average molecular weight is 233 g/mol. The number of nitrogens with zero attached hydrogens (tertiary/aromatic N) is 3. The molecule has 0 aliphatic heterocycles. The van der Waals surface area contributed by atoms with Crippen LogP contribution in [0.1, 0.15) is 31.4 Å². The monoisotopic (exact) mass is 233 g/mol. The molecule has 0 atom stereocenters. The smallest absolute Gasteiger partial charge is 0.158 e. The van der Waals surface area contributed by atoms with Crippen LogP contribution in [0.25, 0.3) is 0 Å². The molecule has 1 aromatic rings. The minimum absolute atomic E-state index is 0.619. The number of anilines is 1. The Morgan fingerprint density at radius 2 is 2.06 bits per heavy atom. The van der Waals surface area contributed by atoms with Gasteiger partial charge in [-0.05, 0) is 31.6 Å². The Bertz CT molecular complexity index is 369. The highest BCUT2D eigenvalue weighted by Crippen LogP contribution is 2.35. The molecular weight excluding hydrogens is 214 g/mol. The standard InChI is InChI=1S/C12H19N5/c13-16-12-6-14-10(5-15-12)8-17(11-3-4-11)7-9-1-2-9/h5-6,9,11H,1-4,7-8,13H2,(H,15,16). The summed E-state index contributed by atoms with van der Waals surface area (Å²) in [6.45, 7) is 2.17. The third-order valence-corrected chi connectivity index (χ3v) is 3.47. The normalized spacial score (nSPS) is 19.6. The first-order chi connectivity index (χ1) is 8.35. The van der Waals surface area contributed by atoms with Gasteiger partial charge < -0.3 is 5.43 Å². The zero-order chi connectivity index (χ0) is 11.7. The van der Waals surface area contributed by atoms with E-state index in [4.69, 9.17) is 5.84 Å². The number of nitrogen functional groups attached to an aromatic ring is 1. The van der Waals surface area contributed by atoms with Gasteiger partial charge in [0.25, 0.3) is 0 Å². The predicted octanol–water partition coefficient (Wildman–Crippen LogP) is 1.14. The molecule has 92 valence electrons. The van der Waals surface area contributed by atoms with Gasteiger partial charge in [0.05, 0.1) is 18.1 Å². The van der Waals surface area contributed by atoms with E-state index in [-0.39, 0.29) is 0 Å². The van der Waals surface area contributed by atoms with Gasteiger partial charge in [-0.15, -0.1) is 0 Å². The van der Waals surface area contributed by atoms with Crippen molar-refractivity contribution in [2.75, 3.05) is 12.0 Å². The molecule has 3 N–H and O–H groups in total. The number of nitrogens with one attached hydrogen (secondary N) is 1. The number of aromatic nitrogens is 2. The fourth-order valence-corrected chi connectivity index (χ4v) is 2.13. The number of hydrogen-bond donors (Lipinski definition) is 2. The van der Waals surface area contributed by atoms with E-state index in [9.17, 15) is 0 Å². The van der Waals surface area contributed by atoms with Crippen LogP contribution >= 0.6 is 0 Å². The summed E-state index contributed by atoms with van der Waals surface area (Å²) < 4.78 is 0. The van der Waals surface area contributed by atoms with Crippen LogP contribution in [0.5, 0.6) is 0 Å².